The fraction of sp³-hybridized carbons (Fsp3) is 0.188. The lowest BCUT2D eigenvalue weighted by atomic mass is 10.1. The molecule has 0 aliphatic rings. The van der Waals surface area contributed by atoms with Crippen molar-refractivity contribution in [3.63, 3.8) is 0 Å². The molecule has 0 spiro atoms. The highest BCUT2D eigenvalue weighted by atomic mass is 35.5. The molecule has 2 aromatic rings. The van der Waals surface area contributed by atoms with Gasteiger partial charge in [0.15, 0.2) is 5.78 Å². The summed E-state index contributed by atoms with van der Waals surface area (Å²) in [6.07, 6.45) is 0. The van der Waals surface area contributed by atoms with Gasteiger partial charge in [-0.25, -0.2) is 0 Å². The van der Waals surface area contributed by atoms with E-state index in [1.165, 1.54) is 6.92 Å². The number of ketones is 1. The van der Waals surface area contributed by atoms with Gasteiger partial charge in [-0.05, 0) is 38.1 Å². The van der Waals surface area contributed by atoms with Gasteiger partial charge in [-0.1, -0.05) is 40.9 Å². The maximum atomic E-state index is 11.6. The summed E-state index contributed by atoms with van der Waals surface area (Å²) in [7, 11) is 0. The highest BCUT2D eigenvalue weighted by molar-refractivity contribution is 6.35. The third-order valence-corrected chi connectivity index (χ3v) is 3.66. The van der Waals surface area contributed by atoms with Crippen LogP contribution >= 0.6 is 23.2 Å². The molecule has 2 aromatic carbocycles. The van der Waals surface area contributed by atoms with Gasteiger partial charge in [0.05, 0.1) is 5.56 Å². The molecule has 0 aromatic heterocycles. The van der Waals surface area contributed by atoms with Gasteiger partial charge < -0.3 is 4.74 Å². The van der Waals surface area contributed by atoms with E-state index in [1.54, 1.807) is 24.3 Å². The number of Topliss-reactive ketones (excluding diaryl/α,β-unsaturated/α-hetero) is 1. The van der Waals surface area contributed by atoms with Crippen LogP contribution in [0.1, 0.15) is 28.4 Å². The van der Waals surface area contributed by atoms with Crippen LogP contribution in [0.15, 0.2) is 36.4 Å². The van der Waals surface area contributed by atoms with E-state index in [0.717, 1.165) is 5.56 Å². The first-order valence-corrected chi connectivity index (χ1v) is 6.92. The van der Waals surface area contributed by atoms with E-state index in [4.69, 9.17) is 27.9 Å². The van der Waals surface area contributed by atoms with Crippen molar-refractivity contribution in [3.8, 4) is 5.75 Å². The molecule has 0 unspecified atom stereocenters. The Bertz CT molecular complexity index is 631. The van der Waals surface area contributed by atoms with Crippen molar-refractivity contribution in [1.82, 2.24) is 0 Å². The molecule has 0 aliphatic carbocycles. The SMILES string of the molecule is CC(=O)c1cc(C)ccc1OCc1c(Cl)cccc1Cl. The first-order valence-electron chi connectivity index (χ1n) is 6.16. The maximum absolute atomic E-state index is 11.6. The van der Waals surface area contributed by atoms with Crippen LogP contribution in [-0.2, 0) is 6.61 Å². The number of hydrogen-bond donors (Lipinski definition) is 0. The van der Waals surface area contributed by atoms with E-state index in [0.29, 0.717) is 26.9 Å². The van der Waals surface area contributed by atoms with Crippen molar-refractivity contribution < 1.29 is 9.53 Å². The Morgan fingerprint density at radius 1 is 1.15 bits per heavy atom. The fourth-order valence-corrected chi connectivity index (χ4v) is 2.37. The average Bonchev–Trinajstić information content (AvgIpc) is 2.39. The van der Waals surface area contributed by atoms with E-state index >= 15 is 0 Å². The van der Waals surface area contributed by atoms with Crippen LogP contribution in [0.25, 0.3) is 0 Å². The highest BCUT2D eigenvalue weighted by Crippen LogP contribution is 2.27. The van der Waals surface area contributed by atoms with Gasteiger partial charge in [0.1, 0.15) is 12.4 Å². The molecule has 4 heteroatoms. The summed E-state index contributed by atoms with van der Waals surface area (Å²) in [4.78, 5) is 11.6. The molecule has 2 rings (SSSR count). The summed E-state index contributed by atoms with van der Waals surface area (Å²) in [5, 5.41) is 1.10. The zero-order chi connectivity index (χ0) is 14.7. The number of carbonyl (C=O) groups is 1. The van der Waals surface area contributed by atoms with Gasteiger partial charge in [0.2, 0.25) is 0 Å². The molecule has 0 heterocycles. The number of benzene rings is 2. The maximum Gasteiger partial charge on any atom is 0.163 e. The molecule has 0 bridgehead atoms. The first kappa shape index (κ1) is 14.9. The summed E-state index contributed by atoms with van der Waals surface area (Å²) < 4.78 is 5.71. The lowest BCUT2D eigenvalue weighted by molar-refractivity contribution is 0.101. The first-order chi connectivity index (χ1) is 9.49. The minimum absolute atomic E-state index is 0.0334. The molecular weight excluding hydrogens is 295 g/mol. The van der Waals surface area contributed by atoms with Gasteiger partial charge in [-0.3, -0.25) is 4.79 Å². The van der Waals surface area contributed by atoms with Crippen molar-refractivity contribution in [2.24, 2.45) is 0 Å². The summed E-state index contributed by atoms with van der Waals surface area (Å²) in [6, 6.07) is 10.8. The molecule has 0 radical (unpaired) electrons. The number of rotatable bonds is 4. The second kappa shape index (κ2) is 6.29. The summed E-state index contributed by atoms with van der Waals surface area (Å²) in [5.41, 5.74) is 2.29. The molecule has 0 amide bonds. The van der Waals surface area contributed by atoms with Crippen LogP contribution in [0.4, 0.5) is 0 Å². The Kier molecular flexibility index (Phi) is 4.69. The topological polar surface area (TPSA) is 26.3 Å². The second-order valence-corrected chi connectivity index (χ2v) is 5.36. The molecule has 104 valence electrons. The van der Waals surface area contributed by atoms with Gasteiger partial charge in [-0.2, -0.15) is 0 Å². The van der Waals surface area contributed by atoms with Crippen LogP contribution in [0.3, 0.4) is 0 Å². The normalized spacial score (nSPS) is 10.4. The fourth-order valence-electron chi connectivity index (χ4n) is 1.86. The lowest BCUT2D eigenvalue weighted by Crippen LogP contribution is -2.03. The van der Waals surface area contributed by atoms with Crippen LogP contribution in [-0.4, -0.2) is 5.78 Å². The van der Waals surface area contributed by atoms with E-state index in [9.17, 15) is 4.79 Å². The Balaban J connectivity index is 2.25. The van der Waals surface area contributed by atoms with E-state index < -0.39 is 0 Å². The standard InChI is InChI=1S/C16H14Cl2O2/c1-10-6-7-16(12(8-10)11(2)19)20-9-13-14(17)4-3-5-15(13)18/h3-8H,9H2,1-2H3. The van der Waals surface area contributed by atoms with Gasteiger partial charge in [0, 0.05) is 15.6 Å². The van der Waals surface area contributed by atoms with Crippen LogP contribution in [0.5, 0.6) is 5.75 Å². The monoisotopic (exact) mass is 308 g/mol. The van der Waals surface area contributed by atoms with Crippen molar-refractivity contribution >= 4 is 29.0 Å². The molecule has 0 aliphatic heterocycles. The van der Waals surface area contributed by atoms with Crippen LogP contribution in [0, 0.1) is 6.92 Å². The molecular formula is C16H14Cl2O2. The quantitative estimate of drug-likeness (QED) is 0.736. The van der Waals surface area contributed by atoms with Crippen LogP contribution in [0.2, 0.25) is 10.0 Å². The van der Waals surface area contributed by atoms with E-state index in [1.807, 2.05) is 19.1 Å². The minimum atomic E-state index is -0.0334. The molecule has 0 atom stereocenters. The number of ether oxygens (including phenoxy) is 1. The Morgan fingerprint density at radius 2 is 1.80 bits per heavy atom. The number of halogens is 2. The number of aryl methyl sites for hydroxylation is 1. The van der Waals surface area contributed by atoms with Gasteiger partial charge in [0.25, 0.3) is 0 Å². The molecule has 0 saturated carbocycles. The smallest absolute Gasteiger partial charge is 0.163 e. The van der Waals surface area contributed by atoms with Crippen LogP contribution < -0.4 is 4.74 Å². The Hall–Kier alpha value is -1.51. The van der Waals surface area contributed by atoms with Crippen molar-refractivity contribution in [2.45, 2.75) is 20.5 Å². The predicted molar refractivity (Wildman–Crippen MR) is 82.0 cm³/mol. The second-order valence-electron chi connectivity index (χ2n) is 4.54. The van der Waals surface area contributed by atoms with Gasteiger partial charge >= 0.3 is 0 Å². The lowest BCUT2D eigenvalue weighted by Gasteiger charge is -2.12. The van der Waals surface area contributed by atoms with E-state index in [2.05, 4.69) is 0 Å². The zero-order valence-corrected chi connectivity index (χ0v) is 12.8. The summed E-state index contributed by atoms with van der Waals surface area (Å²) >= 11 is 12.2. The summed E-state index contributed by atoms with van der Waals surface area (Å²) in [5.74, 6) is 0.507. The van der Waals surface area contributed by atoms with E-state index in [-0.39, 0.29) is 12.4 Å². The molecule has 2 nitrogen and oxygen atoms in total. The van der Waals surface area contributed by atoms with Crippen molar-refractivity contribution in [3.05, 3.63) is 63.1 Å². The highest BCUT2D eigenvalue weighted by Gasteiger charge is 2.11. The third-order valence-electron chi connectivity index (χ3n) is 2.95. The molecule has 20 heavy (non-hydrogen) atoms. The zero-order valence-electron chi connectivity index (χ0n) is 11.2. The third kappa shape index (κ3) is 3.33. The van der Waals surface area contributed by atoms with Gasteiger partial charge in [-0.15, -0.1) is 0 Å². The Morgan fingerprint density at radius 3 is 2.40 bits per heavy atom. The Labute approximate surface area is 128 Å². The molecule has 0 N–H and O–H groups in total. The summed E-state index contributed by atoms with van der Waals surface area (Å²) in [6.45, 7) is 3.67. The predicted octanol–water partition coefficient (Wildman–Crippen LogP) is 5.08. The van der Waals surface area contributed by atoms with Crippen molar-refractivity contribution in [2.75, 3.05) is 0 Å². The largest absolute Gasteiger partial charge is 0.488 e. The van der Waals surface area contributed by atoms with Crippen molar-refractivity contribution in [1.29, 1.82) is 0 Å². The minimum Gasteiger partial charge on any atom is -0.488 e. The molecule has 0 fully saturated rings. The number of carbonyl (C=O) groups excluding carboxylic acids is 1. The number of hydrogen-bond acceptors (Lipinski definition) is 2. The average molecular weight is 309 g/mol. The molecule has 0 saturated heterocycles.